The van der Waals surface area contributed by atoms with Crippen LogP contribution in [0.4, 0.5) is 79.0 Å². The molecule has 2 atom stereocenters. The van der Waals surface area contributed by atoms with E-state index in [0.717, 1.165) is 4.74 Å². The molecule has 0 bridgehead atoms. The summed E-state index contributed by atoms with van der Waals surface area (Å²) in [5.41, 5.74) is 0. The molecule has 0 aromatic rings. The Morgan fingerprint density at radius 1 is 0.296 bits per heavy atom. The van der Waals surface area contributed by atoms with Gasteiger partial charge in [0.1, 0.15) is 0 Å². The van der Waals surface area contributed by atoms with E-state index in [9.17, 15) is 79.0 Å². The maximum Gasteiger partial charge on any atom is 0.459 e. The Kier molecular flexibility index (Phi) is 5.80. The van der Waals surface area contributed by atoms with Crippen molar-refractivity contribution in [3.63, 3.8) is 0 Å². The Hall–Kier alpha value is -1.30. The summed E-state index contributed by atoms with van der Waals surface area (Å²) in [6.07, 6.45) is -31.9. The van der Waals surface area contributed by atoms with Crippen molar-refractivity contribution in [3.8, 4) is 0 Å². The van der Waals surface area contributed by atoms with Gasteiger partial charge < -0.3 is 0 Å². The quantitative estimate of drug-likeness (QED) is 0.485. The molecule has 0 spiro atoms. The molecule has 0 fully saturated rings. The van der Waals surface area contributed by atoms with E-state index in [1.807, 2.05) is 0 Å². The van der Waals surface area contributed by atoms with Crippen LogP contribution in [-0.2, 0) is 4.74 Å². The third kappa shape index (κ3) is 3.69. The van der Waals surface area contributed by atoms with Crippen LogP contribution in [0.3, 0.4) is 0 Å². The molecule has 0 aliphatic heterocycles. The van der Waals surface area contributed by atoms with Gasteiger partial charge in [-0.1, -0.05) is 0 Å². The molecule has 0 saturated carbocycles. The molecule has 0 aromatic carbocycles. The van der Waals surface area contributed by atoms with Crippen LogP contribution >= 0.6 is 0 Å². The highest BCUT2D eigenvalue weighted by Gasteiger charge is 2.91. The first-order valence-electron chi connectivity index (χ1n) is 5.31. The van der Waals surface area contributed by atoms with E-state index in [1.54, 1.807) is 0 Å². The van der Waals surface area contributed by atoms with E-state index in [0.29, 0.717) is 0 Å². The number of rotatable bonds is 4. The van der Waals surface area contributed by atoms with Gasteiger partial charge in [0.15, 0.2) is 0 Å². The Morgan fingerprint density at radius 2 is 0.481 bits per heavy atom. The van der Waals surface area contributed by atoms with Crippen LogP contribution in [0, 0.1) is 0 Å². The molecule has 0 aromatic heterocycles. The summed E-state index contributed by atoms with van der Waals surface area (Å²) >= 11 is 0. The van der Waals surface area contributed by atoms with Crippen LogP contribution in [0.15, 0.2) is 0 Å². The zero-order valence-corrected chi connectivity index (χ0v) is 11.2. The topological polar surface area (TPSA) is 9.23 Å². The minimum Gasteiger partial charge on any atom is -0.284 e. The lowest BCUT2D eigenvalue weighted by molar-refractivity contribution is -0.536. The van der Waals surface area contributed by atoms with E-state index in [2.05, 4.69) is 0 Å². The van der Waals surface area contributed by atoms with Crippen LogP contribution in [-0.4, -0.2) is 48.3 Å². The summed E-state index contributed by atoms with van der Waals surface area (Å²) in [7, 11) is 0. The highest BCUT2D eigenvalue weighted by atomic mass is 19.4. The van der Waals surface area contributed by atoms with Gasteiger partial charge in [-0.05, 0) is 0 Å². The summed E-state index contributed by atoms with van der Waals surface area (Å²) in [6.45, 7) is 0. The van der Waals surface area contributed by atoms with Crippen LogP contribution in [0.25, 0.3) is 0 Å². The van der Waals surface area contributed by atoms with E-state index in [4.69, 9.17) is 0 Å². The van der Waals surface area contributed by atoms with E-state index >= 15 is 0 Å². The third-order valence-electron chi connectivity index (χ3n) is 2.53. The average Bonchev–Trinajstić information content (AvgIpc) is 2.32. The van der Waals surface area contributed by atoms with Crippen molar-refractivity contribution in [1.82, 2.24) is 0 Å². The SMILES string of the molecule is FC(F)(F)C(F)(F)C(F)(OC(F)(C(F)(F)F)C(F)(F)C(F)(F)F)C(F)(F)F. The molecule has 19 heteroatoms. The fourth-order valence-corrected chi connectivity index (χ4v) is 1.16. The van der Waals surface area contributed by atoms with Crippen molar-refractivity contribution < 1.29 is 83.8 Å². The summed E-state index contributed by atoms with van der Waals surface area (Å²) in [6, 6.07) is 0. The maximum absolute atomic E-state index is 13.3. The van der Waals surface area contributed by atoms with Gasteiger partial charge >= 0.3 is 48.3 Å². The summed E-state index contributed by atoms with van der Waals surface area (Å²) in [4.78, 5) is 0. The second-order valence-electron chi connectivity index (χ2n) is 4.43. The third-order valence-corrected chi connectivity index (χ3v) is 2.53. The number of hydrogen-bond donors (Lipinski definition) is 0. The number of alkyl halides is 18. The molecule has 0 amide bonds. The Bertz CT molecular complexity index is 486. The normalized spacial score (nSPS) is 20.2. The van der Waals surface area contributed by atoms with E-state index in [1.165, 1.54) is 0 Å². The molecule has 0 aliphatic rings. The van der Waals surface area contributed by atoms with Gasteiger partial charge in [-0.15, -0.1) is 0 Å². The summed E-state index contributed by atoms with van der Waals surface area (Å²) in [5, 5.41) is 0. The maximum atomic E-state index is 13.3. The van der Waals surface area contributed by atoms with Crippen LogP contribution in [0.5, 0.6) is 0 Å². The molecule has 164 valence electrons. The molecule has 0 N–H and O–H groups in total. The molecule has 0 saturated heterocycles. The summed E-state index contributed by atoms with van der Waals surface area (Å²) < 4.78 is 223. The molecule has 2 unspecified atom stereocenters. The first-order valence-corrected chi connectivity index (χ1v) is 5.31. The zero-order valence-electron chi connectivity index (χ0n) is 11.2. The molecule has 0 radical (unpaired) electrons. The predicted octanol–water partition coefficient (Wildman–Crippen LogP) is 5.85. The number of ether oxygens (including phenoxy) is 1. The lowest BCUT2D eigenvalue weighted by Gasteiger charge is -2.42. The summed E-state index contributed by atoms with van der Waals surface area (Å²) in [5.74, 6) is -33.2. The predicted molar refractivity (Wildman–Crippen MR) is 42.9 cm³/mol. The number of hydrogen-bond acceptors (Lipinski definition) is 1. The molecule has 0 aliphatic carbocycles. The Labute approximate surface area is 133 Å². The van der Waals surface area contributed by atoms with Crippen molar-refractivity contribution in [3.05, 3.63) is 0 Å². The van der Waals surface area contributed by atoms with Crippen molar-refractivity contribution in [1.29, 1.82) is 0 Å². The highest BCUT2D eigenvalue weighted by Crippen LogP contribution is 2.60. The van der Waals surface area contributed by atoms with Gasteiger partial charge in [0.2, 0.25) is 0 Å². The molecular formula is C8F18O. The fourth-order valence-electron chi connectivity index (χ4n) is 1.16. The van der Waals surface area contributed by atoms with E-state index in [-0.39, 0.29) is 0 Å². The molecule has 27 heavy (non-hydrogen) atoms. The van der Waals surface area contributed by atoms with Crippen molar-refractivity contribution in [2.45, 2.75) is 48.3 Å². The molecular weight excluding hydrogens is 454 g/mol. The monoisotopic (exact) mass is 454 g/mol. The van der Waals surface area contributed by atoms with Crippen LogP contribution in [0.1, 0.15) is 0 Å². The van der Waals surface area contributed by atoms with Gasteiger partial charge in [-0.2, -0.15) is 79.0 Å². The van der Waals surface area contributed by atoms with Crippen molar-refractivity contribution in [2.24, 2.45) is 0 Å². The van der Waals surface area contributed by atoms with Gasteiger partial charge in [0.25, 0.3) is 0 Å². The first-order chi connectivity index (χ1) is 11.2. The standard InChI is InChI=1S/C8F18O/c9-1(10,5(15,16)17)3(13,7(21,22)23)27-4(14,8(24,25)26)2(11,12)6(18,19)20. The lowest BCUT2D eigenvalue weighted by Crippen LogP contribution is -2.72. The first kappa shape index (κ1) is 25.7. The fraction of sp³-hybridized carbons (Fsp3) is 1.00. The van der Waals surface area contributed by atoms with Crippen molar-refractivity contribution in [2.75, 3.05) is 0 Å². The Balaban J connectivity index is 6.92. The van der Waals surface area contributed by atoms with E-state index < -0.39 is 48.3 Å². The zero-order chi connectivity index (χ0) is 22.7. The number of halogens is 18. The molecule has 1 nitrogen and oxygen atoms in total. The minimum absolute atomic E-state index is 1.01. The average molecular weight is 454 g/mol. The second-order valence-corrected chi connectivity index (χ2v) is 4.43. The lowest BCUT2D eigenvalue weighted by atomic mass is 10.1. The largest absolute Gasteiger partial charge is 0.459 e. The van der Waals surface area contributed by atoms with Gasteiger partial charge in [0, 0.05) is 0 Å². The van der Waals surface area contributed by atoms with Crippen LogP contribution in [0.2, 0.25) is 0 Å². The van der Waals surface area contributed by atoms with Gasteiger partial charge in [-0.3, -0.25) is 4.74 Å². The van der Waals surface area contributed by atoms with Crippen LogP contribution < -0.4 is 0 Å². The van der Waals surface area contributed by atoms with Crippen molar-refractivity contribution >= 4 is 0 Å². The molecule has 0 rings (SSSR count). The minimum atomic E-state index is -8.35. The second kappa shape index (κ2) is 6.10. The smallest absolute Gasteiger partial charge is 0.284 e. The molecule has 0 heterocycles. The van der Waals surface area contributed by atoms with Gasteiger partial charge in [0.05, 0.1) is 0 Å². The Morgan fingerprint density at radius 3 is 0.593 bits per heavy atom. The highest BCUT2D eigenvalue weighted by molar-refractivity contribution is 5.04. The van der Waals surface area contributed by atoms with Gasteiger partial charge in [-0.25, -0.2) is 0 Å².